The lowest BCUT2D eigenvalue weighted by Gasteiger charge is -2.10. The van der Waals surface area contributed by atoms with Gasteiger partial charge in [-0.05, 0) is 42.5 Å². The summed E-state index contributed by atoms with van der Waals surface area (Å²) in [7, 11) is 0. The molecule has 2 aromatic rings. The summed E-state index contributed by atoms with van der Waals surface area (Å²) in [6.45, 7) is 0.971. The summed E-state index contributed by atoms with van der Waals surface area (Å²) in [5.74, 6) is 0.762. The van der Waals surface area contributed by atoms with Gasteiger partial charge < -0.3 is 15.8 Å². The first-order valence-corrected chi connectivity index (χ1v) is 6.50. The Morgan fingerprint density at radius 2 is 1.95 bits per heavy atom. The molecule has 102 valence electrons. The van der Waals surface area contributed by atoms with E-state index in [0.29, 0.717) is 29.4 Å². The lowest BCUT2D eigenvalue weighted by molar-refractivity contribution is 0.328. The molecule has 0 radical (unpaired) electrons. The number of nitrogens with two attached hydrogens (primary N) is 1. The van der Waals surface area contributed by atoms with E-state index < -0.39 is 0 Å². The van der Waals surface area contributed by atoms with Gasteiger partial charge in [-0.3, -0.25) is 0 Å². The van der Waals surface area contributed by atoms with Gasteiger partial charge in [0.05, 0.1) is 11.3 Å². The molecule has 5 heteroatoms. The zero-order valence-electron chi connectivity index (χ0n) is 10.8. The van der Waals surface area contributed by atoms with Crippen LogP contribution in [0.15, 0.2) is 42.5 Å². The molecule has 0 saturated heterocycles. The largest absolute Gasteiger partial charge is 0.492 e. The molecule has 2 rings (SSSR count). The summed E-state index contributed by atoms with van der Waals surface area (Å²) >= 11 is 5.86. The number of halogens is 1. The van der Waals surface area contributed by atoms with Gasteiger partial charge in [0.15, 0.2) is 0 Å². The Morgan fingerprint density at radius 1 is 1.20 bits per heavy atom. The SMILES string of the molecule is N#Cc1cc(Cl)ccc1Nc1ccc(OCCN)cc1. The van der Waals surface area contributed by atoms with Crippen LogP contribution in [0.2, 0.25) is 5.02 Å². The fourth-order valence-corrected chi connectivity index (χ4v) is 1.86. The predicted octanol–water partition coefficient (Wildman–Crippen LogP) is 3.29. The van der Waals surface area contributed by atoms with Crippen molar-refractivity contribution in [2.24, 2.45) is 5.73 Å². The van der Waals surface area contributed by atoms with Gasteiger partial charge in [0.1, 0.15) is 18.4 Å². The Bertz CT molecular complexity index is 620. The second-order valence-electron chi connectivity index (χ2n) is 4.09. The highest BCUT2D eigenvalue weighted by atomic mass is 35.5. The van der Waals surface area contributed by atoms with E-state index in [4.69, 9.17) is 27.3 Å². The number of nitrogens with zero attached hydrogens (tertiary/aromatic N) is 1. The molecular formula is C15H14ClN3O. The Kier molecular flexibility index (Phi) is 4.83. The molecule has 0 bridgehead atoms. The van der Waals surface area contributed by atoms with Crippen LogP contribution in [0.4, 0.5) is 11.4 Å². The summed E-state index contributed by atoms with van der Waals surface area (Å²) in [4.78, 5) is 0. The summed E-state index contributed by atoms with van der Waals surface area (Å²) in [5, 5.41) is 12.8. The highest BCUT2D eigenvalue weighted by Crippen LogP contribution is 2.25. The molecule has 2 aromatic carbocycles. The molecule has 0 unspecified atom stereocenters. The molecule has 4 nitrogen and oxygen atoms in total. The molecule has 0 fully saturated rings. The van der Waals surface area contributed by atoms with Crippen LogP contribution in [0.25, 0.3) is 0 Å². The molecule has 0 saturated carbocycles. The molecule has 0 spiro atoms. The van der Waals surface area contributed by atoms with Crippen molar-refractivity contribution in [1.29, 1.82) is 5.26 Å². The highest BCUT2D eigenvalue weighted by Gasteiger charge is 2.03. The minimum atomic E-state index is 0.482. The summed E-state index contributed by atoms with van der Waals surface area (Å²) in [6.07, 6.45) is 0. The van der Waals surface area contributed by atoms with Crippen LogP contribution in [0.1, 0.15) is 5.56 Å². The fraction of sp³-hybridized carbons (Fsp3) is 0.133. The Labute approximate surface area is 122 Å². The second-order valence-corrected chi connectivity index (χ2v) is 4.52. The molecule has 0 amide bonds. The zero-order chi connectivity index (χ0) is 14.4. The van der Waals surface area contributed by atoms with Gasteiger partial charge in [-0.1, -0.05) is 11.6 Å². The maximum atomic E-state index is 9.08. The number of anilines is 2. The van der Waals surface area contributed by atoms with Crippen molar-refractivity contribution in [3.05, 3.63) is 53.1 Å². The number of hydrogen-bond donors (Lipinski definition) is 2. The van der Waals surface area contributed by atoms with E-state index in [1.165, 1.54) is 0 Å². The van der Waals surface area contributed by atoms with Gasteiger partial charge in [-0.2, -0.15) is 5.26 Å². The van der Waals surface area contributed by atoms with E-state index in [9.17, 15) is 0 Å². The molecule has 0 aromatic heterocycles. The monoisotopic (exact) mass is 287 g/mol. The first-order chi connectivity index (χ1) is 9.72. The van der Waals surface area contributed by atoms with Crippen molar-refractivity contribution in [3.8, 4) is 11.8 Å². The lowest BCUT2D eigenvalue weighted by Crippen LogP contribution is -2.10. The minimum absolute atomic E-state index is 0.482. The van der Waals surface area contributed by atoms with Gasteiger partial charge in [-0.15, -0.1) is 0 Å². The topological polar surface area (TPSA) is 71.1 Å². The van der Waals surface area contributed by atoms with Gasteiger partial charge in [0.25, 0.3) is 0 Å². The van der Waals surface area contributed by atoms with Crippen molar-refractivity contribution in [3.63, 3.8) is 0 Å². The van der Waals surface area contributed by atoms with Crippen molar-refractivity contribution >= 4 is 23.0 Å². The number of rotatable bonds is 5. The first-order valence-electron chi connectivity index (χ1n) is 6.12. The van der Waals surface area contributed by atoms with Crippen LogP contribution in [-0.4, -0.2) is 13.2 Å². The zero-order valence-corrected chi connectivity index (χ0v) is 11.5. The average Bonchev–Trinajstić information content (AvgIpc) is 2.48. The molecule has 3 N–H and O–H groups in total. The first kappa shape index (κ1) is 14.2. The third-order valence-electron chi connectivity index (χ3n) is 2.62. The van der Waals surface area contributed by atoms with Crippen molar-refractivity contribution < 1.29 is 4.74 Å². The summed E-state index contributed by atoms with van der Waals surface area (Å²) in [5.41, 5.74) is 7.45. The third-order valence-corrected chi connectivity index (χ3v) is 2.86. The maximum Gasteiger partial charge on any atom is 0.119 e. The lowest BCUT2D eigenvalue weighted by atomic mass is 10.2. The fourth-order valence-electron chi connectivity index (χ4n) is 1.68. The maximum absolute atomic E-state index is 9.08. The third kappa shape index (κ3) is 3.64. The van der Waals surface area contributed by atoms with E-state index in [-0.39, 0.29) is 0 Å². The van der Waals surface area contributed by atoms with Gasteiger partial charge in [0.2, 0.25) is 0 Å². The minimum Gasteiger partial charge on any atom is -0.492 e. The second kappa shape index (κ2) is 6.80. The van der Waals surface area contributed by atoms with Gasteiger partial charge >= 0.3 is 0 Å². The molecule has 0 heterocycles. The smallest absolute Gasteiger partial charge is 0.119 e. The van der Waals surface area contributed by atoms with Gasteiger partial charge in [-0.25, -0.2) is 0 Å². The van der Waals surface area contributed by atoms with Crippen LogP contribution in [0.3, 0.4) is 0 Å². The number of nitriles is 1. The van der Waals surface area contributed by atoms with E-state index in [1.54, 1.807) is 18.2 Å². The summed E-state index contributed by atoms with van der Waals surface area (Å²) < 4.78 is 5.40. The quantitative estimate of drug-likeness (QED) is 0.885. The van der Waals surface area contributed by atoms with Crippen LogP contribution in [0, 0.1) is 11.3 Å². The van der Waals surface area contributed by atoms with E-state index in [2.05, 4.69) is 11.4 Å². The average molecular weight is 288 g/mol. The number of hydrogen-bond acceptors (Lipinski definition) is 4. The molecule has 0 aliphatic rings. The Morgan fingerprint density at radius 3 is 2.60 bits per heavy atom. The van der Waals surface area contributed by atoms with Crippen LogP contribution in [-0.2, 0) is 0 Å². The van der Waals surface area contributed by atoms with Crippen LogP contribution >= 0.6 is 11.6 Å². The number of nitrogens with one attached hydrogen (secondary N) is 1. The summed E-state index contributed by atoms with van der Waals surface area (Å²) in [6, 6.07) is 14.7. The standard InChI is InChI=1S/C15H14ClN3O/c16-12-1-6-15(11(9-12)10-18)19-13-2-4-14(5-3-13)20-8-7-17/h1-6,9,19H,7-8,17H2. The van der Waals surface area contributed by atoms with Crippen LogP contribution < -0.4 is 15.8 Å². The van der Waals surface area contributed by atoms with Crippen molar-refractivity contribution in [2.75, 3.05) is 18.5 Å². The normalized spacial score (nSPS) is 9.85. The van der Waals surface area contributed by atoms with E-state index >= 15 is 0 Å². The van der Waals surface area contributed by atoms with Crippen molar-refractivity contribution in [2.45, 2.75) is 0 Å². The van der Waals surface area contributed by atoms with Gasteiger partial charge in [0, 0.05) is 17.3 Å². The molecular weight excluding hydrogens is 274 g/mol. The molecule has 0 aliphatic heterocycles. The Hall–Kier alpha value is -2.22. The Balaban J connectivity index is 2.12. The molecule has 20 heavy (non-hydrogen) atoms. The van der Waals surface area contributed by atoms with E-state index in [1.807, 2.05) is 24.3 Å². The van der Waals surface area contributed by atoms with Crippen LogP contribution in [0.5, 0.6) is 5.75 Å². The number of benzene rings is 2. The highest BCUT2D eigenvalue weighted by molar-refractivity contribution is 6.30. The van der Waals surface area contributed by atoms with E-state index in [0.717, 1.165) is 11.4 Å². The molecule has 0 aliphatic carbocycles. The predicted molar refractivity (Wildman–Crippen MR) is 80.4 cm³/mol. The molecule has 0 atom stereocenters. The number of ether oxygens (including phenoxy) is 1. The van der Waals surface area contributed by atoms with Crippen molar-refractivity contribution in [1.82, 2.24) is 0 Å².